The Hall–Kier alpha value is -2.83. The van der Waals surface area contributed by atoms with Crippen LogP contribution in [0.3, 0.4) is 0 Å². The van der Waals surface area contributed by atoms with Gasteiger partial charge in [0, 0.05) is 44.0 Å². The minimum atomic E-state index is -0.0829. The number of hydrogen-bond donors (Lipinski definition) is 1. The Morgan fingerprint density at radius 3 is 2.34 bits per heavy atom. The number of nitrogens with one attached hydrogen (secondary N) is 1. The van der Waals surface area contributed by atoms with E-state index in [2.05, 4.69) is 37.2 Å². The van der Waals surface area contributed by atoms with Gasteiger partial charge in [0.05, 0.1) is 7.11 Å². The largest absolute Gasteiger partial charge is 0.497 e. The van der Waals surface area contributed by atoms with Gasteiger partial charge in [-0.25, -0.2) is 9.97 Å². The van der Waals surface area contributed by atoms with E-state index in [-0.39, 0.29) is 11.9 Å². The van der Waals surface area contributed by atoms with Crippen LogP contribution in [0.4, 0.5) is 11.5 Å². The summed E-state index contributed by atoms with van der Waals surface area (Å²) in [4.78, 5) is 26.2. The number of piperazine rings is 1. The van der Waals surface area contributed by atoms with Crippen molar-refractivity contribution in [1.29, 1.82) is 0 Å². The lowest BCUT2D eigenvalue weighted by molar-refractivity contribution is 0.0932. The average Bonchev–Trinajstić information content (AvgIpc) is 3.26. The molecule has 1 N–H and O–H groups in total. The van der Waals surface area contributed by atoms with E-state index < -0.39 is 0 Å². The van der Waals surface area contributed by atoms with E-state index in [4.69, 9.17) is 4.74 Å². The van der Waals surface area contributed by atoms with Gasteiger partial charge in [-0.05, 0) is 44.0 Å². The zero-order valence-electron chi connectivity index (χ0n) is 17.2. The highest BCUT2D eigenvalue weighted by Crippen LogP contribution is 2.23. The van der Waals surface area contributed by atoms with Crippen molar-refractivity contribution in [2.24, 2.45) is 0 Å². The van der Waals surface area contributed by atoms with Crippen LogP contribution in [0, 0.1) is 6.92 Å². The van der Waals surface area contributed by atoms with E-state index in [0.29, 0.717) is 11.5 Å². The van der Waals surface area contributed by atoms with Crippen molar-refractivity contribution >= 4 is 17.4 Å². The molecule has 29 heavy (non-hydrogen) atoms. The summed E-state index contributed by atoms with van der Waals surface area (Å²) >= 11 is 0. The standard InChI is InChI=1S/C22H29N5O2/c1-16-23-20(22(28)25-17-5-3-4-6-17)15-21(24-16)27-13-11-26(12-14-27)18-7-9-19(29-2)10-8-18/h7-10,15,17H,3-6,11-14H2,1-2H3,(H,25,28). The van der Waals surface area contributed by atoms with E-state index in [9.17, 15) is 4.79 Å². The molecule has 2 aromatic rings. The van der Waals surface area contributed by atoms with E-state index in [1.165, 1.54) is 18.5 Å². The molecule has 0 bridgehead atoms. The molecule has 0 unspecified atom stereocenters. The maximum atomic E-state index is 12.6. The normalized spacial score (nSPS) is 17.4. The molecule has 1 aromatic heterocycles. The quantitative estimate of drug-likeness (QED) is 0.840. The fraction of sp³-hybridized carbons (Fsp3) is 0.500. The number of ether oxygens (including phenoxy) is 1. The van der Waals surface area contributed by atoms with E-state index in [1.54, 1.807) is 7.11 Å². The number of carbonyl (C=O) groups is 1. The number of rotatable bonds is 5. The lowest BCUT2D eigenvalue weighted by atomic mass is 10.2. The van der Waals surface area contributed by atoms with Gasteiger partial charge in [-0.2, -0.15) is 0 Å². The monoisotopic (exact) mass is 395 g/mol. The molecule has 0 spiro atoms. The van der Waals surface area contributed by atoms with Crippen molar-refractivity contribution in [3.05, 3.63) is 41.9 Å². The Labute approximate surface area is 172 Å². The van der Waals surface area contributed by atoms with Crippen LogP contribution in [0.15, 0.2) is 30.3 Å². The molecule has 1 amide bonds. The molecular formula is C22H29N5O2. The third-order valence-electron chi connectivity index (χ3n) is 5.79. The van der Waals surface area contributed by atoms with Gasteiger partial charge in [-0.3, -0.25) is 4.79 Å². The first-order valence-corrected chi connectivity index (χ1v) is 10.4. The summed E-state index contributed by atoms with van der Waals surface area (Å²) in [6.45, 7) is 5.36. The Kier molecular flexibility index (Phi) is 5.83. The summed E-state index contributed by atoms with van der Waals surface area (Å²) in [5, 5.41) is 3.12. The SMILES string of the molecule is COc1ccc(N2CCN(c3cc(C(=O)NC4CCCC4)nc(C)n3)CC2)cc1. The van der Waals surface area contributed by atoms with Gasteiger partial charge >= 0.3 is 0 Å². The molecule has 1 aromatic carbocycles. The summed E-state index contributed by atoms with van der Waals surface area (Å²) in [7, 11) is 1.68. The molecule has 1 saturated heterocycles. The van der Waals surface area contributed by atoms with Gasteiger partial charge in [0.2, 0.25) is 0 Å². The van der Waals surface area contributed by atoms with Gasteiger partial charge in [0.15, 0.2) is 0 Å². The first kappa shape index (κ1) is 19.5. The van der Waals surface area contributed by atoms with Crippen LogP contribution in [0.25, 0.3) is 0 Å². The topological polar surface area (TPSA) is 70.6 Å². The summed E-state index contributed by atoms with van der Waals surface area (Å²) in [5.74, 6) is 2.26. The second-order valence-corrected chi connectivity index (χ2v) is 7.79. The fourth-order valence-electron chi connectivity index (χ4n) is 4.15. The third kappa shape index (κ3) is 4.60. The summed E-state index contributed by atoms with van der Waals surface area (Å²) in [5.41, 5.74) is 1.66. The Bertz CT molecular complexity index is 841. The lowest BCUT2D eigenvalue weighted by Crippen LogP contribution is -2.47. The Morgan fingerprint density at radius 1 is 1.03 bits per heavy atom. The molecule has 1 aliphatic carbocycles. The van der Waals surface area contributed by atoms with E-state index in [0.717, 1.165) is 50.6 Å². The molecule has 0 atom stereocenters. The number of amides is 1. The van der Waals surface area contributed by atoms with Crippen LogP contribution in [-0.4, -0.2) is 55.2 Å². The molecule has 1 saturated carbocycles. The average molecular weight is 396 g/mol. The second-order valence-electron chi connectivity index (χ2n) is 7.79. The van der Waals surface area contributed by atoms with Crippen LogP contribution in [0.5, 0.6) is 5.75 Å². The number of methoxy groups -OCH3 is 1. The van der Waals surface area contributed by atoms with E-state index >= 15 is 0 Å². The van der Waals surface area contributed by atoms with Gasteiger partial charge in [-0.1, -0.05) is 12.8 Å². The van der Waals surface area contributed by atoms with Gasteiger partial charge in [0.25, 0.3) is 5.91 Å². The lowest BCUT2D eigenvalue weighted by Gasteiger charge is -2.36. The van der Waals surface area contributed by atoms with Crippen LogP contribution in [0.2, 0.25) is 0 Å². The van der Waals surface area contributed by atoms with Crippen molar-refractivity contribution in [3.63, 3.8) is 0 Å². The van der Waals surface area contributed by atoms with Crippen LogP contribution in [0.1, 0.15) is 42.0 Å². The minimum Gasteiger partial charge on any atom is -0.497 e. The van der Waals surface area contributed by atoms with Crippen molar-refractivity contribution in [1.82, 2.24) is 15.3 Å². The van der Waals surface area contributed by atoms with E-state index in [1.807, 2.05) is 25.1 Å². The third-order valence-corrected chi connectivity index (χ3v) is 5.79. The van der Waals surface area contributed by atoms with Crippen molar-refractivity contribution in [2.75, 3.05) is 43.1 Å². The zero-order chi connectivity index (χ0) is 20.2. The van der Waals surface area contributed by atoms with Crippen LogP contribution < -0.4 is 19.9 Å². The highest BCUT2D eigenvalue weighted by atomic mass is 16.5. The first-order chi connectivity index (χ1) is 14.1. The smallest absolute Gasteiger partial charge is 0.270 e. The first-order valence-electron chi connectivity index (χ1n) is 10.4. The highest BCUT2D eigenvalue weighted by Gasteiger charge is 2.22. The molecule has 7 nitrogen and oxygen atoms in total. The summed E-state index contributed by atoms with van der Waals surface area (Å²) in [6, 6.07) is 10.3. The summed E-state index contributed by atoms with van der Waals surface area (Å²) < 4.78 is 5.24. The Morgan fingerprint density at radius 2 is 1.69 bits per heavy atom. The number of aromatic nitrogens is 2. The zero-order valence-corrected chi connectivity index (χ0v) is 17.2. The molecule has 2 aliphatic rings. The maximum Gasteiger partial charge on any atom is 0.270 e. The maximum absolute atomic E-state index is 12.6. The highest BCUT2D eigenvalue weighted by molar-refractivity contribution is 5.93. The minimum absolute atomic E-state index is 0.0829. The number of aryl methyl sites for hydroxylation is 1. The fourth-order valence-corrected chi connectivity index (χ4v) is 4.15. The Balaban J connectivity index is 1.41. The second kappa shape index (κ2) is 8.68. The predicted molar refractivity (Wildman–Crippen MR) is 114 cm³/mol. The number of nitrogens with zero attached hydrogens (tertiary/aromatic N) is 4. The molecule has 2 heterocycles. The van der Waals surface area contributed by atoms with Gasteiger partial charge in [0.1, 0.15) is 23.1 Å². The molecule has 154 valence electrons. The van der Waals surface area contributed by atoms with Crippen molar-refractivity contribution in [3.8, 4) is 5.75 Å². The molecule has 1 aliphatic heterocycles. The van der Waals surface area contributed by atoms with Gasteiger partial charge in [-0.15, -0.1) is 0 Å². The molecule has 7 heteroatoms. The van der Waals surface area contributed by atoms with Crippen LogP contribution >= 0.6 is 0 Å². The molecule has 0 radical (unpaired) electrons. The van der Waals surface area contributed by atoms with Crippen LogP contribution in [-0.2, 0) is 0 Å². The predicted octanol–water partition coefficient (Wildman–Crippen LogP) is 2.79. The van der Waals surface area contributed by atoms with Gasteiger partial charge < -0.3 is 19.9 Å². The molecule has 4 rings (SSSR count). The number of carbonyl (C=O) groups excluding carboxylic acids is 1. The molecular weight excluding hydrogens is 366 g/mol. The van der Waals surface area contributed by atoms with Crippen molar-refractivity contribution < 1.29 is 9.53 Å². The number of anilines is 2. The number of benzene rings is 1. The molecule has 2 fully saturated rings. The van der Waals surface area contributed by atoms with Crippen molar-refractivity contribution in [2.45, 2.75) is 38.6 Å². The summed E-state index contributed by atoms with van der Waals surface area (Å²) in [6.07, 6.45) is 4.51. The number of hydrogen-bond acceptors (Lipinski definition) is 6.